The molecule has 1 aliphatic heterocycles. The Bertz CT molecular complexity index is 896. The van der Waals surface area contributed by atoms with Crippen LogP contribution in [0.25, 0.3) is 11.3 Å². The summed E-state index contributed by atoms with van der Waals surface area (Å²) >= 11 is 3.05. The van der Waals surface area contributed by atoms with Crippen LogP contribution in [0.15, 0.2) is 64.3 Å². The number of carbonyl (C=O) groups is 1. The lowest BCUT2D eigenvalue weighted by molar-refractivity contribution is -0.119. The highest BCUT2D eigenvalue weighted by Crippen LogP contribution is 2.32. The second-order valence-corrected chi connectivity index (χ2v) is 8.03. The third-order valence-corrected chi connectivity index (χ3v) is 6.19. The summed E-state index contributed by atoms with van der Waals surface area (Å²) in [5.74, 6) is 1.25. The van der Waals surface area contributed by atoms with E-state index in [0.29, 0.717) is 12.4 Å². The molecule has 2 aromatic carbocycles. The average molecular weight is 383 g/mol. The lowest BCUT2D eigenvalue weighted by atomic mass is 10.0. The molecular formula is C20H18N2O2S2. The van der Waals surface area contributed by atoms with E-state index in [2.05, 4.69) is 10.3 Å². The number of rotatable bonds is 5. The van der Waals surface area contributed by atoms with Gasteiger partial charge in [-0.2, -0.15) is 0 Å². The zero-order valence-corrected chi connectivity index (χ0v) is 15.7. The smallest absolute Gasteiger partial charge is 0.230 e. The van der Waals surface area contributed by atoms with Gasteiger partial charge in [0.15, 0.2) is 4.34 Å². The molecule has 1 N–H and O–H groups in total. The molecule has 1 unspecified atom stereocenters. The monoisotopic (exact) mass is 382 g/mol. The summed E-state index contributed by atoms with van der Waals surface area (Å²) in [6.07, 6.45) is 0.794. The van der Waals surface area contributed by atoms with E-state index >= 15 is 0 Å². The summed E-state index contributed by atoms with van der Waals surface area (Å²) in [6, 6.07) is 18.0. The van der Waals surface area contributed by atoms with Gasteiger partial charge in [0, 0.05) is 22.9 Å². The van der Waals surface area contributed by atoms with Crippen LogP contribution in [-0.4, -0.2) is 23.3 Å². The molecule has 0 radical (unpaired) electrons. The molecule has 0 saturated heterocycles. The Labute approximate surface area is 160 Å². The maximum atomic E-state index is 12.4. The lowest BCUT2D eigenvalue weighted by Gasteiger charge is -2.26. The number of fused-ring (bicyclic) bond motifs is 1. The number of hydrogen-bond acceptors (Lipinski definition) is 5. The predicted octanol–water partition coefficient (Wildman–Crippen LogP) is 4.54. The number of amides is 1. The molecule has 2 heterocycles. The third-order valence-electron chi connectivity index (χ3n) is 4.17. The maximum absolute atomic E-state index is 12.4. The van der Waals surface area contributed by atoms with Gasteiger partial charge in [-0.1, -0.05) is 60.3 Å². The van der Waals surface area contributed by atoms with Crippen LogP contribution in [0.1, 0.15) is 18.0 Å². The molecule has 26 heavy (non-hydrogen) atoms. The van der Waals surface area contributed by atoms with E-state index in [9.17, 15) is 4.79 Å². The molecule has 0 saturated carbocycles. The first-order chi connectivity index (χ1) is 12.8. The van der Waals surface area contributed by atoms with Crippen molar-refractivity contribution in [1.29, 1.82) is 0 Å². The van der Waals surface area contributed by atoms with Gasteiger partial charge < -0.3 is 10.1 Å². The molecule has 132 valence electrons. The number of aromatic nitrogens is 1. The Kier molecular flexibility index (Phi) is 5.22. The molecule has 1 amide bonds. The van der Waals surface area contributed by atoms with E-state index in [0.717, 1.165) is 33.3 Å². The topological polar surface area (TPSA) is 51.2 Å². The van der Waals surface area contributed by atoms with Crippen molar-refractivity contribution in [2.45, 2.75) is 16.8 Å². The van der Waals surface area contributed by atoms with E-state index in [1.807, 2.05) is 60.0 Å². The van der Waals surface area contributed by atoms with Crippen LogP contribution in [0, 0.1) is 0 Å². The molecule has 1 aliphatic rings. The molecule has 0 fully saturated rings. The van der Waals surface area contributed by atoms with Crippen molar-refractivity contribution < 1.29 is 9.53 Å². The van der Waals surface area contributed by atoms with Crippen molar-refractivity contribution in [1.82, 2.24) is 10.3 Å². The number of thiazole rings is 1. The highest BCUT2D eigenvalue weighted by molar-refractivity contribution is 8.01. The zero-order valence-electron chi connectivity index (χ0n) is 14.1. The highest BCUT2D eigenvalue weighted by Gasteiger charge is 2.22. The molecule has 3 aromatic rings. The quantitative estimate of drug-likeness (QED) is 0.658. The first-order valence-corrected chi connectivity index (χ1v) is 10.3. The summed E-state index contributed by atoms with van der Waals surface area (Å²) < 4.78 is 6.55. The Balaban J connectivity index is 1.35. The van der Waals surface area contributed by atoms with E-state index in [4.69, 9.17) is 4.74 Å². The van der Waals surface area contributed by atoms with E-state index in [1.54, 1.807) is 11.3 Å². The number of ether oxygens (including phenoxy) is 1. The third kappa shape index (κ3) is 3.92. The van der Waals surface area contributed by atoms with Crippen LogP contribution in [0.3, 0.4) is 0 Å². The van der Waals surface area contributed by atoms with Crippen molar-refractivity contribution >= 4 is 29.0 Å². The number of carbonyl (C=O) groups excluding carboxylic acids is 1. The van der Waals surface area contributed by atoms with Crippen molar-refractivity contribution in [2.24, 2.45) is 0 Å². The van der Waals surface area contributed by atoms with Crippen LogP contribution in [-0.2, 0) is 4.79 Å². The first-order valence-electron chi connectivity index (χ1n) is 8.44. The van der Waals surface area contributed by atoms with E-state index < -0.39 is 0 Å². The second kappa shape index (κ2) is 7.93. The number of nitrogens with zero attached hydrogens (tertiary/aromatic N) is 1. The number of benzene rings is 2. The lowest BCUT2D eigenvalue weighted by Crippen LogP contribution is -2.33. The van der Waals surface area contributed by atoms with Crippen LogP contribution in [0.2, 0.25) is 0 Å². The fourth-order valence-corrected chi connectivity index (χ4v) is 4.57. The van der Waals surface area contributed by atoms with Crippen LogP contribution < -0.4 is 10.1 Å². The SMILES string of the molecule is O=C(CSc1nc(-c2ccccc2)cs1)NC1CCOc2ccccc21. The molecule has 0 bridgehead atoms. The van der Waals surface area contributed by atoms with E-state index in [-0.39, 0.29) is 11.9 Å². The second-order valence-electron chi connectivity index (χ2n) is 5.95. The van der Waals surface area contributed by atoms with Crippen molar-refractivity contribution in [3.05, 3.63) is 65.5 Å². The van der Waals surface area contributed by atoms with E-state index in [1.165, 1.54) is 11.8 Å². The number of para-hydroxylation sites is 1. The predicted molar refractivity (Wildman–Crippen MR) is 106 cm³/mol. The summed E-state index contributed by atoms with van der Waals surface area (Å²) in [7, 11) is 0. The molecule has 1 atom stereocenters. The van der Waals surface area contributed by atoms with Gasteiger partial charge in [0.2, 0.25) is 5.91 Å². The van der Waals surface area contributed by atoms with Crippen LogP contribution >= 0.6 is 23.1 Å². The molecule has 0 aliphatic carbocycles. The van der Waals surface area contributed by atoms with Gasteiger partial charge >= 0.3 is 0 Å². The largest absolute Gasteiger partial charge is 0.493 e. The van der Waals surface area contributed by atoms with Gasteiger partial charge in [0.25, 0.3) is 0 Å². The van der Waals surface area contributed by atoms with Gasteiger partial charge in [-0.15, -0.1) is 11.3 Å². The number of hydrogen-bond donors (Lipinski definition) is 1. The van der Waals surface area contributed by atoms with Gasteiger partial charge in [-0.3, -0.25) is 4.79 Å². The minimum atomic E-state index is 0.0178. The van der Waals surface area contributed by atoms with Gasteiger partial charge in [0.05, 0.1) is 24.1 Å². The average Bonchev–Trinajstić information content (AvgIpc) is 3.17. The molecule has 4 nitrogen and oxygen atoms in total. The maximum Gasteiger partial charge on any atom is 0.230 e. The Morgan fingerprint density at radius 1 is 1.19 bits per heavy atom. The summed E-state index contributed by atoms with van der Waals surface area (Å²) in [5.41, 5.74) is 3.11. The normalized spacial score (nSPS) is 15.8. The fourth-order valence-electron chi connectivity index (χ4n) is 2.92. The van der Waals surface area contributed by atoms with Crippen molar-refractivity contribution in [2.75, 3.05) is 12.4 Å². The standard InChI is InChI=1S/C20H18N2O2S2/c23-19(21-16-10-11-24-18-9-5-4-8-15(16)18)13-26-20-22-17(12-25-20)14-6-2-1-3-7-14/h1-9,12,16H,10-11,13H2,(H,21,23). The number of thioether (sulfide) groups is 1. The Hall–Kier alpha value is -2.31. The summed E-state index contributed by atoms with van der Waals surface area (Å²) in [5, 5.41) is 5.15. The Morgan fingerprint density at radius 3 is 2.88 bits per heavy atom. The first kappa shape index (κ1) is 17.1. The van der Waals surface area contributed by atoms with Gasteiger partial charge in [0.1, 0.15) is 5.75 Å². The van der Waals surface area contributed by atoms with Crippen molar-refractivity contribution in [3.8, 4) is 17.0 Å². The minimum Gasteiger partial charge on any atom is -0.493 e. The molecule has 4 rings (SSSR count). The molecular weight excluding hydrogens is 364 g/mol. The van der Waals surface area contributed by atoms with Crippen LogP contribution in [0.5, 0.6) is 5.75 Å². The molecule has 0 spiro atoms. The van der Waals surface area contributed by atoms with Crippen molar-refractivity contribution in [3.63, 3.8) is 0 Å². The van der Waals surface area contributed by atoms with Crippen LogP contribution in [0.4, 0.5) is 0 Å². The van der Waals surface area contributed by atoms with Gasteiger partial charge in [-0.05, 0) is 6.07 Å². The fraction of sp³-hybridized carbons (Fsp3) is 0.200. The Morgan fingerprint density at radius 2 is 2.00 bits per heavy atom. The van der Waals surface area contributed by atoms with Gasteiger partial charge in [-0.25, -0.2) is 4.98 Å². The minimum absolute atomic E-state index is 0.0178. The summed E-state index contributed by atoms with van der Waals surface area (Å²) in [4.78, 5) is 17.0. The summed E-state index contributed by atoms with van der Waals surface area (Å²) in [6.45, 7) is 0.627. The molecule has 1 aromatic heterocycles. The highest BCUT2D eigenvalue weighted by atomic mass is 32.2. The molecule has 6 heteroatoms. The zero-order chi connectivity index (χ0) is 17.8. The number of nitrogens with one attached hydrogen (secondary N) is 1.